The fraction of sp³-hybridized carbons (Fsp3) is 0.273. The zero-order valence-electron chi connectivity index (χ0n) is 14.9. The molecule has 0 aromatic heterocycles. The highest BCUT2D eigenvalue weighted by Gasteiger charge is 2.28. The molecular weight excluding hydrogens is 326 g/mol. The quantitative estimate of drug-likeness (QED) is 0.774. The van der Waals surface area contributed by atoms with Crippen LogP contribution >= 0.6 is 0 Å². The molecule has 1 fully saturated rings. The molecule has 1 atom stereocenters. The van der Waals surface area contributed by atoms with Gasteiger partial charge < -0.3 is 14.6 Å². The molecule has 0 amide bonds. The second-order valence-electron chi connectivity index (χ2n) is 6.54. The summed E-state index contributed by atoms with van der Waals surface area (Å²) in [5, 5.41) is 13.0. The zero-order chi connectivity index (χ0) is 17.9. The highest BCUT2D eigenvalue weighted by atomic mass is 16.5. The molecule has 0 bridgehead atoms. The normalized spacial score (nSPS) is 16.5. The Labute approximate surface area is 153 Å². The van der Waals surface area contributed by atoms with Crippen LogP contribution in [0.1, 0.15) is 17.2 Å². The summed E-state index contributed by atoms with van der Waals surface area (Å²) in [5.74, 6) is 1.16. The third-order valence-electron chi connectivity index (χ3n) is 5.06. The fourth-order valence-corrected chi connectivity index (χ4v) is 3.75. The van der Waals surface area contributed by atoms with E-state index in [2.05, 4.69) is 29.2 Å². The Hall–Kier alpha value is -2.56. The van der Waals surface area contributed by atoms with Crippen molar-refractivity contribution in [2.75, 3.05) is 33.4 Å². The number of morpholine rings is 1. The average Bonchev–Trinajstić information content (AvgIpc) is 2.71. The number of methoxy groups -OCH3 is 1. The zero-order valence-corrected chi connectivity index (χ0v) is 14.9. The molecule has 4 rings (SSSR count). The van der Waals surface area contributed by atoms with Crippen LogP contribution in [0.3, 0.4) is 0 Å². The van der Waals surface area contributed by atoms with Gasteiger partial charge in [-0.2, -0.15) is 0 Å². The largest absolute Gasteiger partial charge is 0.508 e. The van der Waals surface area contributed by atoms with Crippen LogP contribution in [0.5, 0.6) is 11.5 Å². The van der Waals surface area contributed by atoms with Crippen LogP contribution in [0.25, 0.3) is 10.8 Å². The molecule has 3 aromatic carbocycles. The van der Waals surface area contributed by atoms with Crippen LogP contribution in [0.15, 0.2) is 60.7 Å². The standard InChI is InChI=1S/C22H23NO3/c1-25-18-9-6-17(7-10-18)22(23-12-14-26-15-13-23)21-19-5-3-2-4-16(19)8-11-20(21)24/h2-11,22,24H,12-15H2,1H3. The molecule has 1 heterocycles. The molecule has 4 heteroatoms. The van der Waals surface area contributed by atoms with Crippen molar-refractivity contribution < 1.29 is 14.6 Å². The maximum absolute atomic E-state index is 10.8. The molecule has 0 radical (unpaired) electrons. The Bertz CT molecular complexity index is 886. The van der Waals surface area contributed by atoms with Crippen molar-refractivity contribution in [1.82, 2.24) is 4.90 Å². The van der Waals surface area contributed by atoms with E-state index in [0.717, 1.165) is 40.7 Å². The number of phenols is 1. The van der Waals surface area contributed by atoms with Crippen LogP contribution in [0.4, 0.5) is 0 Å². The Balaban J connectivity index is 1.88. The molecule has 1 aliphatic rings. The summed E-state index contributed by atoms with van der Waals surface area (Å²) in [7, 11) is 1.67. The highest BCUT2D eigenvalue weighted by molar-refractivity contribution is 5.88. The molecule has 3 aromatic rings. The Morgan fingerprint density at radius 1 is 0.962 bits per heavy atom. The Kier molecular flexibility index (Phi) is 4.78. The highest BCUT2D eigenvalue weighted by Crippen LogP contribution is 2.39. The molecule has 134 valence electrons. The number of hydrogen-bond donors (Lipinski definition) is 1. The lowest BCUT2D eigenvalue weighted by molar-refractivity contribution is 0.0238. The van der Waals surface area contributed by atoms with Crippen LogP contribution in [-0.4, -0.2) is 43.4 Å². The summed E-state index contributed by atoms with van der Waals surface area (Å²) in [6.45, 7) is 3.08. The van der Waals surface area contributed by atoms with Gasteiger partial charge in [-0.1, -0.05) is 42.5 Å². The third-order valence-corrected chi connectivity index (χ3v) is 5.06. The van der Waals surface area contributed by atoms with Crippen LogP contribution in [0, 0.1) is 0 Å². The van der Waals surface area contributed by atoms with Crippen LogP contribution in [0.2, 0.25) is 0 Å². The number of fused-ring (bicyclic) bond motifs is 1. The van der Waals surface area contributed by atoms with Crippen molar-refractivity contribution in [2.45, 2.75) is 6.04 Å². The molecule has 1 unspecified atom stereocenters. The topological polar surface area (TPSA) is 41.9 Å². The van der Waals surface area contributed by atoms with E-state index in [1.54, 1.807) is 13.2 Å². The Morgan fingerprint density at radius 3 is 2.42 bits per heavy atom. The molecule has 4 nitrogen and oxygen atoms in total. The predicted molar refractivity (Wildman–Crippen MR) is 103 cm³/mol. The average molecular weight is 349 g/mol. The minimum absolute atomic E-state index is 0.0316. The van der Waals surface area contributed by atoms with Gasteiger partial charge in [0.25, 0.3) is 0 Å². The van der Waals surface area contributed by atoms with E-state index in [4.69, 9.17) is 9.47 Å². The lowest BCUT2D eigenvalue weighted by atomic mass is 9.91. The van der Waals surface area contributed by atoms with Gasteiger partial charge in [-0.3, -0.25) is 4.90 Å². The first-order valence-corrected chi connectivity index (χ1v) is 8.94. The number of nitrogens with zero attached hydrogens (tertiary/aromatic N) is 1. The van der Waals surface area contributed by atoms with Gasteiger partial charge in [0.1, 0.15) is 11.5 Å². The number of aromatic hydroxyl groups is 1. The van der Waals surface area contributed by atoms with Crippen molar-refractivity contribution in [3.05, 3.63) is 71.8 Å². The second kappa shape index (κ2) is 7.36. The number of rotatable bonds is 4. The first kappa shape index (κ1) is 16.9. The minimum atomic E-state index is -0.0316. The third kappa shape index (κ3) is 3.14. The van der Waals surface area contributed by atoms with Gasteiger partial charge in [0.15, 0.2) is 0 Å². The SMILES string of the molecule is COc1ccc(C(c2c(O)ccc3ccccc23)N2CCOCC2)cc1. The minimum Gasteiger partial charge on any atom is -0.508 e. The van der Waals surface area contributed by atoms with Crippen LogP contribution < -0.4 is 4.74 Å². The number of benzene rings is 3. The van der Waals surface area contributed by atoms with Gasteiger partial charge in [-0.25, -0.2) is 0 Å². The molecule has 1 aliphatic heterocycles. The number of ether oxygens (including phenoxy) is 2. The number of hydrogen-bond acceptors (Lipinski definition) is 4. The maximum atomic E-state index is 10.8. The summed E-state index contributed by atoms with van der Waals surface area (Å²) in [6.07, 6.45) is 0. The van der Waals surface area contributed by atoms with E-state index in [1.807, 2.05) is 30.3 Å². The first-order chi connectivity index (χ1) is 12.8. The first-order valence-electron chi connectivity index (χ1n) is 8.94. The maximum Gasteiger partial charge on any atom is 0.121 e. The molecule has 0 saturated carbocycles. The van der Waals surface area contributed by atoms with Crippen molar-refractivity contribution in [3.8, 4) is 11.5 Å². The summed E-state index contributed by atoms with van der Waals surface area (Å²) in [6, 6.07) is 20.1. The van der Waals surface area contributed by atoms with Crippen LogP contribution in [-0.2, 0) is 4.74 Å². The summed E-state index contributed by atoms with van der Waals surface area (Å²) >= 11 is 0. The monoisotopic (exact) mass is 349 g/mol. The molecule has 1 N–H and O–H groups in total. The smallest absolute Gasteiger partial charge is 0.121 e. The lowest BCUT2D eigenvalue weighted by Crippen LogP contribution is -2.39. The molecule has 0 aliphatic carbocycles. The van der Waals surface area contributed by atoms with Gasteiger partial charge in [0.2, 0.25) is 0 Å². The van der Waals surface area contributed by atoms with Gasteiger partial charge in [-0.15, -0.1) is 0 Å². The molecular formula is C22H23NO3. The predicted octanol–water partition coefficient (Wildman–Crippen LogP) is 3.98. The summed E-state index contributed by atoms with van der Waals surface area (Å²) < 4.78 is 10.9. The van der Waals surface area contributed by atoms with E-state index in [1.165, 1.54) is 0 Å². The molecule has 26 heavy (non-hydrogen) atoms. The van der Waals surface area contributed by atoms with E-state index < -0.39 is 0 Å². The van der Waals surface area contributed by atoms with Crippen molar-refractivity contribution >= 4 is 10.8 Å². The van der Waals surface area contributed by atoms with Crippen molar-refractivity contribution in [3.63, 3.8) is 0 Å². The summed E-state index contributed by atoms with van der Waals surface area (Å²) in [4.78, 5) is 2.38. The number of phenolic OH excluding ortho intramolecular Hbond substituents is 1. The summed E-state index contributed by atoms with van der Waals surface area (Å²) in [5.41, 5.74) is 2.09. The molecule has 1 saturated heterocycles. The van der Waals surface area contributed by atoms with Gasteiger partial charge >= 0.3 is 0 Å². The van der Waals surface area contributed by atoms with Gasteiger partial charge in [0, 0.05) is 18.7 Å². The van der Waals surface area contributed by atoms with Gasteiger partial charge in [0.05, 0.1) is 26.4 Å². The fourth-order valence-electron chi connectivity index (χ4n) is 3.75. The van der Waals surface area contributed by atoms with Crippen molar-refractivity contribution in [2.24, 2.45) is 0 Å². The van der Waals surface area contributed by atoms with Gasteiger partial charge in [-0.05, 0) is 34.5 Å². The Morgan fingerprint density at radius 2 is 1.69 bits per heavy atom. The second-order valence-corrected chi connectivity index (χ2v) is 6.54. The molecule has 0 spiro atoms. The van der Waals surface area contributed by atoms with E-state index in [9.17, 15) is 5.11 Å². The lowest BCUT2D eigenvalue weighted by Gasteiger charge is -2.36. The van der Waals surface area contributed by atoms with E-state index in [-0.39, 0.29) is 6.04 Å². The van der Waals surface area contributed by atoms with E-state index in [0.29, 0.717) is 19.0 Å². The van der Waals surface area contributed by atoms with Crippen molar-refractivity contribution in [1.29, 1.82) is 0 Å². The van der Waals surface area contributed by atoms with E-state index >= 15 is 0 Å².